The van der Waals surface area contributed by atoms with E-state index in [1.807, 2.05) is 42.5 Å². The van der Waals surface area contributed by atoms with E-state index in [1.54, 1.807) is 12.1 Å². The van der Waals surface area contributed by atoms with Gasteiger partial charge in [-0.05, 0) is 43.8 Å². The van der Waals surface area contributed by atoms with Crippen molar-refractivity contribution in [1.29, 1.82) is 0 Å². The summed E-state index contributed by atoms with van der Waals surface area (Å²) >= 11 is 0. The summed E-state index contributed by atoms with van der Waals surface area (Å²) in [6, 6.07) is 15.3. The highest BCUT2D eigenvalue weighted by Gasteiger charge is 2.20. The average molecular weight is 523 g/mol. The van der Waals surface area contributed by atoms with E-state index in [2.05, 4.69) is 38.1 Å². The van der Waals surface area contributed by atoms with Crippen molar-refractivity contribution in [2.75, 3.05) is 51.2 Å². The van der Waals surface area contributed by atoms with Gasteiger partial charge in [-0.15, -0.1) is 0 Å². The fourth-order valence-corrected chi connectivity index (χ4v) is 3.79. The largest absolute Gasteiger partial charge is 0.369 e. The molecule has 2 aromatic rings. The molecule has 202 valence electrons. The van der Waals surface area contributed by atoms with E-state index >= 15 is 0 Å². The van der Waals surface area contributed by atoms with E-state index < -0.39 is 42.0 Å². The number of ketones is 1. The van der Waals surface area contributed by atoms with Crippen molar-refractivity contribution in [3.05, 3.63) is 65.7 Å². The third-order valence-corrected chi connectivity index (χ3v) is 6.15. The first kappa shape index (κ1) is 28.3. The zero-order chi connectivity index (χ0) is 27.5. The number of carbonyl (C=O) groups excluding carboxylic acids is 5. The van der Waals surface area contributed by atoms with Crippen LogP contribution < -0.4 is 26.2 Å². The number of benzene rings is 2. The molecule has 1 aliphatic heterocycles. The fraction of sp³-hybridized carbons (Fsp3) is 0.370. The molecule has 1 aliphatic rings. The number of likely N-dealkylation sites (N-methyl/N-ethyl adjacent to an activating group) is 1. The molecule has 0 aliphatic carbocycles. The van der Waals surface area contributed by atoms with Gasteiger partial charge in [-0.2, -0.15) is 0 Å². The third-order valence-electron chi connectivity index (χ3n) is 6.15. The molecule has 0 bridgehead atoms. The topological polar surface area (TPSA) is 140 Å². The predicted octanol–water partition coefficient (Wildman–Crippen LogP) is -0.325. The van der Waals surface area contributed by atoms with E-state index in [-0.39, 0.29) is 13.1 Å². The number of carbonyl (C=O) groups is 5. The molecule has 1 fully saturated rings. The van der Waals surface area contributed by atoms with Gasteiger partial charge in [-0.25, -0.2) is 0 Å². The lowest BCUT2D eigenvalue weighted by Crippen LogP contribution is -2.49. The summed E-state index contributed by atoms with van der Waals surface area (Å²) in [4.78, 5) is 65.3. The van der Waals surface area contributed by atoms with E-state index in [4.69, 9.17) is 0 Å². The molecule has 0 aromatic heterocycles. The smallest absolute Gasteiger partial charge is 0.289 e. The highest BCUT2D eigenvalue weighted by atomic mass is 16.2. The second-order valence-electron chi connectivity index (χ2n) is 9.12. The molecule has 11 heteroatoms. The molecule has 1 heterocycles. The first-order valence-corrected chi connectivity index (χ1v) is 12.5. The molecule has 0 radical (unpaired) electrons. The standard InChI is InChI=1S/C27H34N6O5/c1-19(25(36)29-17-23(34)27(38)28-16-20-6-4-3-5-7-20)31-24(35)18-30-26(37)21-8-10-22(11-9-21)33-14-12-32(2)13-15-33/h3-11,19H,12-18H2,1-2H3,(H,28,38)(H,29,36)(H,30,37)(H,31,35)/t19-/m0/s1. The van der Waals surface area contributed by atoms with E-state index in [9.17, 15) is 24.0 Å². The number of hydrogen-bond donors (Lipinski definition) is 4. The summed E-state index contributed by atoms with van der Waals surface area (Å²) in [5.74, 6) is -3.23. The Morgan fingerprint density at radius 2 is 1.47 bits per heavy atom. The minimum absolute atomic E-state index is 0.192. The minimum atomic E-state index is -0.970. The van der Waals surface area contributed by atoms with Crippen LogP contribution in [0.1, 0.15) is 22.8 Å². The van der Waals surface area contributed by atoms with Crippen LogP contribution in [0.25, 0.3) is 0 Å². The highest BCUT2D eigenvalue weighted by molar-refractivity contribution is 6.37. The zero-order valence-corrected chi connectivity index (χ0v) is 21.7. The summed E-state index contributed by atoms with van der Waals surface area (Å²) in [5.41, 5.74) is 2.30. The van der Waals surface area contributed by atoms with Crippen LogP contribution in [0.15, 0.2) is 54.6 Å². The summed E-state index contributed by atoms with van der Waals surface area (Å²) in [7, 11) is 2.09. The lowest BCUT2D eigenvalue weighted by Gasteiger charge is -2.34. The normalized spacial score (nSPS) is 14.2. The van der Waals surface area contributed by atoms with E-state index in [1.165, 1.54) is 6.92 Å². The molecule has 2 aromatic carbocycles. The molecule has 4 N–H and O–H groups in total. The SMILES string of the molecule is C[C@H](NC(=O)CNC(=O)c1ccc(N2CCN(C)CC2)cc1)C(=O)NCC(=O)C(=O)NCc1ccccc1. The Hall–Kier alpha value is -4.25. The van der Waals surface area contributed by atoms with Gasteiger partial charge in [0.15, 0.2) is 0 Å². The van der Waals surface area contributed by atoms with Crippen molar-refractivity contribution < 1.29 is 24.0 Å². The van der Waals surface area contributed by atoms with Crippen LogP contribution in [0.2, 0.25) is 0 Å². The molecule has 38 heavy (non-hydrogen) atoms. The van der Waals surface area contributed by atoms with Crippen molar-refractivity contribution in [2.45, 2.75) is 19.5 Å². The number of nitrogens with one attached hydrogen (secondary N) is 4. The molecule has 1 atom stereocenters. The van der Waals surface area contributed by atoms with E-state index in [0.717, 1.165) is 37.4 Å². The molecule has 3 rings (SSSR count). The van der Waals surface area contributed by atoms with Crippen molar-refractivity contribution in [3.8, 4) is 0 Å². The Labute approximate surface area is 221 Å². The number of Topliss-reactive ketones (excluding diaryl/α,β-unsaturated/α-hetero) is 1. The molecule has 0 unspecified atom stereocenters. The molecule has 4 amide bonds. The molecule has 11 nitrogen and oxygen atoms in total. The molecule has 1 saturated heterocycles. The van der Waals surface area contributed by atoms with Gasteiger partial charge in [0.25, 0.3) is 11.8 Å². The first-order valence-electron chi connectivity index (χ1n) is 12.5. The predicted molar refractivity (Wildman–Crippen MR) is 142 cm³/mol. The van der Waals surface area contributed by atoms with Crippen LogP contribution in [0.4, 0.5) is 5.69 Å². The van der Waals surface area contributed by atoms with Crippen LogP contribution in [0, 0.1) is 0 Å². The second-order valence-corrected chi connectivity index (χ2v) is 9.12. The minimum Gasteiger partial charge on any atom is -0.369 e. The maximum atomic E-state index is 12.4. The molecule has 0 saturated carbocycles. The van der Waals surface area contributed by atoms with Gasteiger partial charge in [0.05, 0.1) is 13.1 Å². The Kier molecular flexibility index (Phi) is 10.4. The van der Waals surface area contributed by atoms with Crippen LogP contribution in [-0.4, -0.2) is 86.7 Å². The van der Waals surface area contributed by atoms with Gasteiger partial charge in [0.1, 0.15) is 6.04 Å². The third kappa shape index (κ3) is 8.70. The lowest BCUT2D eigenvalue weighted by molar-refractivity contribution is -0.138. The maximum absolute atomic E-state index is 12.4. The summed E-state index contributed by atoms with van der Waals surface area (Å²) in [6.07, 6.45) is 0. The zero-order valence-electron chi connectivity index (χ0n) is 21.7. The lowest BCUT2D eigenvalue weighted by atomic mass is 10.1. The van der Waals surface area contributed by atoms with Crippen LogP contribution in [-0.2, 0) is 25.7 Å². The highest BCUT2D eigenvalue weighted by Crippen LogP contribution is 2.17. The van der Waals surface area contributed by atoms with Gasteiger partial charge in [0.2, 0.25) is 17.6 Å². The number of piperazine rings is 1. The quantitative estimate of drug-likeness (QED) is 0.297. The second kappa shape index (κ2) is 13.9. The number of hydrogen-bond acceptors (Lipinski definition) is 7. The van der Waals surface area contributed by atoms with Gasteiger partial charge >= 0.3 is 0 Å². The van der Waals surface area contributed by atoms with Crippen molar-refractivity contribution >= 4 is 35.1 Å². The number of anilines is 1. The summed E-state index contributed by atoms with van der Waals surface area (Å²) in [5, 5.41) is 9.81. The van der Waals surface area contributed by atoms with Crippen LogP contribution in [0.5, 0.6) is 0 Å². The Balaban J connectivity index is 1.34. The summed E-state index contributed by atoms with van der Waals surface area (Å²) < 4.78 is 0. The molecular formula is C27H34N6O5. The first-order chi connectivity index (χ1) is 18.2. The average Bonchev–Trinajstić information content (AvgIpc) is 2.94. The molecular weight excluding hydrogens is 488 g/mol. The van der Waals surface area contributed by atoms with Crippen molar-refractivity contribution in [1.82, 2.24) is 26.2 Å². The van der Waals surface area contributed by atoms with E-state index in [0.29, 0.717) is 5.56 Å². The van der Waals surface area contributed by atoms with Crippen molar-refractivity contribution in [2.24, 2.45) is 0 Å². The number of nitrogens with zero attached hydrogens (tertiary/aromatic N) is 2. The Morgan fingerprint density at radius 1 is 0.816 bits per heavy atom. The Morgan fingerprint density at radius 3 is 2.13 bits per heavy atom. The number of rotatable bonds is 11. The fourth-order valence-electron chi connectivity index (χ4n) is 3.79. The monoisotopic (exact) mass is 522 g/mol. The molecule has 0 spiro atoms. The van der Waals surface area contributed by atoms with Crippen LogP contribution >= 0.6 is 0 Å². The van der Waals surface area contributed by atoms with Crippen LogP contribution in [0.3, 0.4) is 0 Å². The summed E-state index contributed by atoms with van der Waals surface area (Å²) in [6.45, 7) is 4.61. The number of amides is 4. The van der Waals surface area contributed by atoms with Crippen molar-refractivity contribution in [3.63, 3.8) is 0 Å². The van der Waals surface area contributed by atoms with Gasteiger partial charge in [-0.1, -0.05) is 30.3 Å². The maximum Gasteiger partial charge on any atom is 0.289 e. The Bertz CT molecular complexity index is 1130. The van der Waals surface area contributed by atoms with Gasteiger partial charge < -0.3 is 31.1 Å². The van der Waals surface area contributed by atoms with Gasteiger partial charge in [0, 0.05) is 44.0 Å². The van der Waals surface area contributed by atoms with Gasteiger partial charge in [-0.3, -0.25) is 24.0 Å².